The molecule has 1 fully saturated rings. The number of likely N-dealkylation sites (tertiary alicyclic amines) is 1. The number of allylic oxidation sites excluding steroid dienone is 2. The van der Waals surface area contributed by atoms with Gasteiger partial charge in [0.25, 0.3) is 0 Å². The van der Waals surface area contributed by atoms with Gasteiger partial charge in [0.05, 0.1) is 13.2 Å². The van der Waals surface area contributed by atoms with Crippen LogP contribution in [0.2, 0.25) is 0 Å². The number of amidine groups is 1. The van der Waals surface area contributed by atoms with Crippen molar-refractivity contribution in [2.75, 3.05) is 27.2 Å². The fourth-order valence-corrected chi connectivity index (χ4v) is 4.61. The predicted octanol–water partition coefficient (Wildman–Crippen LogP) is 4.50. The Kier molecular flexibility index (Phi) is 5.33. The van der Waals surface area contributed by atoms with E-state index in [-0.39, 0.29) is 6.04 Å². The maximum absolute atomic E-state index is 5.44. The molecule has 1 atom stereocenters. The lowest BCUT2D eigenvalue weighted by molar-refractivity contribution is 0.273. The van der Waals surface area contributed by atoms with E-state index in [1.54, 1.807) is 7.11 Å². The minimum absolute atomic E-state index is 0.152. The first-order valence-electron chi connectivity index (χ1n) is 11.0. The summed E-state index contributed by atoms with van der Waals surface area (Å²) in [5, 5.41) is 0. The van der Waals surface area contributed by atoms with Gasteiger partial charge in [0.2, 0.25) is 0 Å². The van der Waals surface area contributed by atoms with E-state index in [2.05, 4.69) is 58.3 Å². The number of aromatic nitrogens is 1. The van der Waals surface area contributed by atoms with Gasteiger partial charge in [-0.15, -0.1) is 0 Å². The third-order valence-electron chi connectivity index (χ3n) is 6.29. The molecule has 1 saturated heterocycles. The van der Waals surface area contributed by atoms with Crippen LogP contribution in [-0.4, -0.2) is 53.9 Å². The molecule has 2 aliphatic heterocycles. The minimum atomic E-state index is 0.152. The molecule has 0 amide bonds. The Morgan fingerprint density at radius 3 is 2.65 bits per heavy atom. The molecule has 5 rings (SSSR count). The fraction of sp³-hybridized carbons (Fsp3) is 0.308. The topological polar surface area (TPSA) is 41.0 Å². The molecule has 0 spiro atoms. The van der Waals surface area contributed by atoms with Crippen LogP contribution in [0.5, 0.6) is 5.75 Å². The highest BCUT2D eigenvalue weighted by molar-refractivity contribution is 6.00. The van der Waals surface area contributed by atoms with Crippen molar-refractivity contribution in [2.45, 2.75) is 25.3 Å². The maximum atomic E-state index is 5.44. The van der Waals surface area contributed by atoms with Gasteiger partial charge >= 0.3 is 0 Å². The third kappa shape index (κ3) is 3.76. The van der Waals surface area contributed by atoms with Crippen molar-refractivity contribution in [2.24, 2.45) is 4.99 Å². The number of nitrogens with zero attached hydrogens (tertiary/aromatic N) is 4. The van der Waals surface area contributed by atoms with Crippen LogP contribution in [0.25, 0.3) is 5.57 Å². The van der Waals surface area contributed by atoms with Gasteiger partial charge in [-0.1, -0.05) is 24.3 Å². The lowest BCUT2D eigenvalue weighted by Gasteiger charge is -2.40. The first kappa shape index (κ1) is 19.6. The molecule has 1 unspecified atom stereocenters. The second-order valence-electron chi connectivity index (χ2n) is 8.25. The van der Waals surface area contributed by atoms with Crippen molar-refractivity contribution in [3.8, 4) is 5.75 Å². The molecule has 3 aliphatic rings. The lowest BCUT2D eigenvalue weighted by atomic mass is 9.90. The first-order valence-corrected chi connectivity index (χ1v) is 11.0. The van der Waals surface area contributed by atoms with Gasteiger partial charge in [0, 0.05) is 43.7 Å². The Bertz CT molecular complexity index is 1080. The van der Waals surface area contributed by atoms with Crippen LogP contribution < -0.4 is 4.74 Å². The number of fused-ring (bicyclic) bond motifs is 1. The molecule has 0 N–H and O–H groups in total. The summed E-state index contributed by atoms with van der Waals surface area (Å²) in [5.41, 5.74) is 4.66. The number of hydrogen-bond donors (Lipinski definition) is 0. The van der Waals surface area contributed by atoms with Crippen molar-refractivity contribution < 1.29 is 4.74 Å². The van der Waals surface area contributed by atoms with Crippen molar-refractivity contribution in [1.82, 2.24) is 14.8 Å². The summed E-state index contributed by atoms with van der Waals surface area (Å²) in [4.78, 5) is 14.3. The van der Waals surface area contributed by atoms with E-state index in [0.717, 1.165) is 41.6 Å². The largest absolute Gasteiger partial charge is 0.497 e. The average Bonchev–Trinajstić information content (AvgIpc) is 2.85. The summed E-state index contributed by atoms with van der Waals surface area (Å²) in [6.45, 7) is 2.12. The molecule has 2 aromatic rings. The summed E-state index contributed by atoms with van der Waals surface area (Å²) in [7, 11) is 3.83. The van der Waals surface area contributed by atoms with Gasteiger partial charge in [0.15, 0.2) is 0 Å². The van der Waals surface area contributed by atoms with Crippen molar-refractivity contribution in [3.05, 3.63) is 89.5 Å². The summed E-state index contributed by atoms with van der Waals surface area (Å²) >= 11 is 0. The number of likely N-dealkylation sites (N-methyl/N-ethyl adjacent to an activating group) is 1. The van der Waals surface area contributed by atoms with Gasteiger partial charge in [-0.2, -0.15) is 0 Å². The molecular formula is C26H28N4O. The number of methoxy groups -OCH3 is 1. The van der Waals surface area contributed by atoms with E-state index in [1.807, 2.05) is 30.6 Å². The zero-order valence-corrected chi connectivity index (χ0v) is 18.2. The molecule has 158 valence electrons. The lowest BCUT2D eigenvalue weighted by Crippen LogP contribution is -2.44. The van der Waals surface area contributed by atoms with Gasteiger partial charge in [-0.3, -0.25) is 4.98 Å². The molecule has 31 heavy (non-hydrogen) atoms. The number of pyridine rings is 1. The second kappa shape index (κ2) is 8.42. The molecule has 1 aromatic carbocycles. The Morgan fingerprint density at radius 2 is 1.87 bits per heavy atom. The van der Waals surface area contributed by atoms with Gasteiger partial charge in [0.1, 0.15) is 17.4 Å². The molecule has 3 heterocycles. The normalized spacial score (nSPS) is 20.9. The quantitative estimate of drug-likeness (QED) is 0.741. The zero-order valence-electron chi connectivity index (χ0n) is 18.2. The monoisotopic (exact) mass is 412 g/mol. The van der Waals surface area contributed by atoms with Crippen molar-refractivity contribution in [3.63, 3.8) is 0 Å². The molecule has 0 saturated carbocycles. The number of piperidine rings is 1. The second-order valence-corrected chi connectivity index (χ2v) is 8.25. The van der Waals surface area contributed by atoms with Crippen molar-refractivity contribution in [1.29, 1.82) is 0 Å². The first-order chi connectivity index (χ1) is 15.2. The van der Waals surface area contributed by atoms with Gasteiger partial charge < -0.3 is 14.5 Å². The third-order valence-corrected chi connectivity index (χ3v) is 6.29. The molecule has 0 bridgehead atoms. The van der Waals surface area contributed by atoms with E-state index in [4.69, 9.17) is 9.73 Å². The Hall–Kier alpha value is -3.34. The molecule has 5 heteroatoms. The number of ether oxygens (including phenoxy) is 1. The van der Waals surface area contributed by atoms with E-state index >= 15 is 0 Å². The van der Waals surface area contributed by atoms with Crippen LogP contribution in [0.15, 0.2) is 83.4 Å². The molecule has 0 radical (unpaired) electrons. The Balaban J connectivity index is 1.63. The highest BCUT2D eigenvalue weighted by Crippen LogP contribution is 2.35. The molecule has 5 nitrogen and oxygen atoms in total. The van der Waals surface area contributed by atoms with E-state index in [0.29, 0.717) is 0 Å². The predicted molar refractivity (Wildman–Crippen MR) is 125 cm³/mol. The number of aliphatic imine (C=N–C) groups is 1. The van der Waals surface area contributed by atoms with Crippen LogP contribution in [0, 0.1) is 0 Å². The van der Waals surface area contributed by atoms with Crippen LogP contribution >= 0.6 is 0 Å². The summed E-state index contributed by atoms with van der Waals surface area (Å²) < 4.78 is 5.44. The standard InChI is InChI=1S/C26H28N4O/c1-29-24-12-11-20(19-8-6-10-22(16-19)31-2)17-23(24)26(30-14-4-3-5-15-30)28-25(29)21-9-7-13-27-18-21/h6-13,16-18,24H,3-5,14-15H2,1-2H3. The zero-order chi connectivity index (χ0) is 21.2. The van der Waals surface area contributed by atoms with Crippen LogP contribution in [0.4, 0.5) is 0 Å². The van der Waals surface area contributed by atoms with Crippen LogP contribution in [-0.2, 0) is 0 Å². The van der Waals surface area contributed by atoms with E-state index in [1.165, 1.54) is 30.4 Å². The Labute approximate surface area is 184 Å². The van der Waals surface area contributed by atoms with Crippen LogP contribution in [0.1, 0.15) is 30.4 Å². The maximum Gasteiger partial charge on any atom is 0.140 e. The van der Waals surface area contributed by atoms with Gasteiger partial charge in [-0.05, 0) is 60.7 Å². The van der Waals surface area contributed by atoms with E-state index in [9.17, 15) is 0 Å². The summed E-state index contributed by atoms with van der Waals surface area (Å²) in [6.07, 6.45) is 14.3. The number of hydrogen-bond acceptors (Lipinski definition) is 5. The SMILES string of the molecule is COc1cccc(C2=CC3=C(N4CCCCC4)N=C(c4cccnc4)N(C)C3C=C2)c1. The smallest absolute Gasteiger partial charge is 0.140 e. The number of benzene rings is 1. The highest BCUT2D eigenvalue weighted by atomic mass is 16.5. The average molecular weight is 413 g/mol. The minimum Gasteiger partial charge on any atom is -0.497 e. The highest BCUT2D eigenvalue weighted by Gasteiger charge is 2.32. The van der Waals surface area contributed by atoms with Crippen molar-refractivity contribution >= 4 is 11.4 Å². The number of rotatable bonds is 4. The summed E-state index contributed by atoms with van der Waals surface area (Å²) in [6, 6.07) is 12.5. The Morgan fingerprint density at radius 1 is 1.03 bits per heavy atom. The molecule has 1 aromatic heterocycles. The fourth-order valence-electron chi connectivity index (χ4n) is 4.61. The van der Waals surface area contributed by atoms with Crippen LogP contribution in [0.3, 0.4) is 0 Å². The molecular weight excluding hydrogens is 384 g/mol. The van der Waals surface area contributed by atoms with E-state index < -0.39 is 0 Å². The van der Waals surface area contributed by atoms with Gasteiger partial charge in [-0.25, -0.2) is 4.99 Å². The summed E-state index contributed by atoms with van der Waals surface area (Å²) in [5.74, 6) is 2.95. The molecule has 1 aliphatic carbocycles.